The van der Waals surface area contributed by atoms with Crippen molar-refractivity contribution in [2.24, 2.45) is 0 Å². The second kappa shape index (κ2) is 6.55. The molecule has 6 nitrogen and oxygen atoms in total. The summed E-state index contributed by atoms with van der Waals surface area (Å²) in [6.07, 6.45) is 0.463. The van der Waals surface area contributed by atoms with Crippen LogP contribution >= 0.6 is 0 Å². The Morgan fingerprint density at radius 1 is 1.33 bits per heavy atom. The molecular formula is C14H21N3O3S. The van der Waals surface area contributed by atoms with E-state index in [9.17, 15) is 13.2 Å². The fraction of sp³-hybridized carbons (Fsp3) is 0.500. The van der Waals surface area contributed by atoms with Gasteiger partial charge in [-0.05, 0) is 12.0 Å². The molecule has 0 radical (unpaired) electrons. The summed E-state index contributed by atoms with van der Waals surface area (Å²) >= 11 is 0. The van der Waals surface area contributed by atoms with Gasteiger partial charge in [-0.25, -0.2) is 0 Å². The predicted molar refractivity (Wildman–Crippen MR) is 80.6 cm³/mol. The zero-order valence-corrected chi connectivity index (χ0v) is 13.1. The summed E-state index contributed by atoms with van der Waals surface area (Å²) in [6.45, 7) is 2.77. The molecule has 1 aliphatic heterocycles. The van der Waals surface area contributed by atoms with Gasteiger partial charge in [-0.1, -0.05) is 37.3 Å². The second-order valence-corrected chi connectivity index (χ2v) is 7.06. The zero-order chi connectivity index (χ0) is 15.5. The van der Waals surface area contributed by atoms with Crippen molar-refractivity contribution >= 4 is 16.1 Å². The van der Waals surface area contributed by atoms with Crippen LogP contribution in [0.5, 0.6) is 0 Å². The Labute approximate surface area is 125 Å². The van der Waals surface area contributed by atoms with Crippen LogP contribution in [-0.4, -0.2) is 49.1 Å². The summed E-state index contributed by atoms with van der Waals surface area (Å²) in [5, 5.41) is 2.71. The number of nitrogens with one attached hydrogen (secondary N) is 1. The van der Waals surface area contributed by atoms with Gasteiger partial charge in [-0.2, -0.15) is 17.0 Å². The van der Waals surface area contributed by atoms with E-state index in [2.05, 4.69) is 5.32 Å². The molecule has 1 amide bonds. The van der Waals surface area contributed by atoms with Crippen molar-refractivity contribution in [1.82, 2.24) is 13.9 Å². The predicted octanol–water partition coefficient (Wildman–Crippen LogP) is 0.574. The normalized spacial score (nSPS) is 20.5. The number of hydrogen-bond donors (Lipinski definition) is 1. The molecule has 0 aliphatic carbocycles. The maximum Gasteiger partial charge on any atom is 0.282 e. The van der Waals surface area contributed by atoms with Crippen molar-refractivity contribution in [2.75, 3.05) is 20.1 Å². The van der Waals surface area contributed by atoms with Crippen LogP contribution in [0.25, 0.3) is 0 Å². The van der Waals surface area contributed by atoms with Crippen LogP contribution in [0.1, 0.15) is 18.9 Å². The van der Waals surface area contributed by atoms with E-state index in [0.29, 0.717) is 19.5 Å². The first-order chi connectivity index (χ1) is 9.96. The maximum absolute atomic E-state index is 12.7. The number of benzene rings is 1. The van der Waals surface area contributed by atoms with Gasteiger partial charge < -0.3 is 5.32 Å². The molecule has 1 atom stereocenters. The molecule has 1 aliphatic rings. The standard InChI is InChI=1S/C14H21N3O3S/c1-3-13-14(18)15-9-10-17(13)21(19,20)16(2)11-12-7-5-4-6-8-12/h4-8,13H,3,9-11H2,1-2H3,(H,15,18). The first-order valence-electron chi connectivity index (χ1n) is 7.01. The molecule has 2 rings (SSSR count). The van der Waals surface area contributed by atoms with Gasteiger partial charge in [-0.15, -0.1) is 0 Å². The van der Waals surface area contributed by atoms with Gasteiger partial charge >= 0.3 is 0 Å². The lowest BCUT2D eigenvalue weighted by Crippen LogP contribution is -2.59. The molecule has 1 aromatic carbocycles. The van der Waals surface area contributed by atoms with Crippen molar-refractivity contribution in [3.8, 4) is 0 Å². The molecule has 21 heavy (non-hydrogen) atoms. The second-order valence-electron chi connectivity index (χ2n) is 5.08. The molecule has 1 N–H and O–H groups in total. The first-order valence-corrected chi connectivity index (χ1v) is 8.41. The Hall–Kier alpha value is -1.44. The minimum Gasteiger partial charge on any atom is -0.353 e. The fourth-order valence-corrected chi connectivity index (χ4v) is 4.02. The number of nitrogens with zero attached hydrogens (tertiary/aromatic N) is 2. The highest BCUT2D eigenvalue weighted by atomic mass is 32.2. The summed E-state index contributed by atoms with van der Waals surface area (Å²) in [5.41, 5.74) is 0.915. The monoisotopic (exact) mass is 311 g/mol. The highest BCUT2D eigenvalue weighted by molar-refractivity contribution is 7.86. The lowest BCUT2D eigenvalue weighted by molar-refractivity contribution is -0.126. The van der Waals surface area contributed by atoms with Gasteiger partial charge in [0.05, 0.1) is 0 Å². The van der Waals surface area contributed by atoms with E-state index in [0.717, 1.165) is 5.56 Å². The van der Waals surface area contributed by atoms with Crippen molar-refractivity contribution in [3.05, 3.63) is 35.9 Å². The van der Waals surface area contributed by atoms with Crippen LogP contribution in [0.3, 0.4) is 0 Å². The smallest absolute Gasteiger partial charge is 0.282 e. The largest absolute Gasteiger partial charge is 0.353 e. The lowest BCUT2D eigenvalue weighted by atomic mass is 10.2. The van der Waals surface area contributed by atoms with Crippen molar-refractivity contribution in [1.29, 1.82) is 0 Å². The molecule has 0 spiro atoms. The van der Waals surface area contributed by atoms with Crippen LogP contribution in [0.2, 0.25) is 0 Å². The summed E-state index contributed by atoms with van der Waals surface area (Å²) in [6, 6.07) is 8.78. The molecule has 1 aromatic rings. The van der Waals surface area contributed by atoms with Gasteiger partial charge in [-0.3, -0.25) is 4.79 Å². The minimum absolute atomic E-state index is 0.222. The third-order valence-corrected chi connectivity index (χ3v) is 5.55. The van der Waals surface area contributed by atoms with Crippen LogP contribution in [-0.2, 0) is 21.5 Å². The Morgan fingerprint density at radius 3 is 2.62 bits per heavy atom. The highest BCUT2D eigenvalue weighted by Crippen LogP contribution is 2.18. The number of carbonyl (C=O) groups excluding carboxylic acids is 1. The molecule has 0 aromatic heterocycles. The van der Waals surface area contributed by atoms with Gasteiger partial charge in [0.15, 0.2) is 0 Å². The van der Waals surface area contributed by atoms with E-state index >= 15 is 0 Å². The minimum atomic E-state index is -3.65. The van der Waals surface area contributed by atoms with Gasteiger partial charge in [0, 0.05) is 26.7 Å². The van der Waals surface area contributed by atoms with Crippen molar-refractivity contribution in [2.45, 2.75) is 25.9 Å². The Bertz CT molecular complexity index is 589. The van der Waals surface area contributed by atoms with Crippen molar-refractivity contribution in [3.63, 3.8) is 0 Å². The molecule has 116 valence electrons. The number of rotatable bonds is 5. The lowest BCUT2D eigenvalue weighted by Gasteiger charge is -2.35. The third kappa shape index (κ3) is 3.42. The maximum atomic E-state index is 12.7. The number of carbonyl (C=O) groups is 1. The fourth-order valence-electron chi connectivity index (χ4n) is 2.46. The molecular weight excluding hydrogens is 290 g/mol. The SMILES string of the molecule is CCC1C(=O)NCCN1S(=O)(=O)N(C)Cc1ccccc1. The van der Waals surface area contributed by atoms with Gasteiger partial charge in [0.25, 0.3) is 10.2 Å². The topological polar surface area (TPSA) is 69.7 Å². The van der Waals surface area contributed by atoms with E-state index in [1.807, 2.05) is 37.3 Å². The van der Waals surface area contributed by atoms with E-state index < -0.39 is 16.3 Å². The molecule has 7 heteroatoms. The van der Waals surface area contributed by atoms with Crippen LogP contribution < -0.4 is 5.32 Å². The van der Waals surface area contributed by atoms with Crippen LogP contribution in [0.15, 0.2) is 30.3 Å². The summed E-state index contributed by atoms with van der Waals surface area (Å²) in [7, 11) is -2.11. The summed E-state index contributed by atoms with van der Waals surface area (Å²) in [4.78, 5) is 11.8. The Morgan fingerprint density at radius 2 is 2.00 bits per heavy atom. The number of hydrogen-bond acceptors (Lipinski definition) is 3. The molecule has 1 heterocycles. The Kier molecular flexibility index (Phi) is 4.97. The molecule has 1 fully saturated rings. The average molecular weight is 311 g/mol. The summed E-state index contributed by atoms with van der Waals surface area (Å²) < 4.78 is 27.9. The highest BCUT2D eigenvalue weighted by Gasteiger charge is 2.38. The molecule has 1 saturated heterocycles. The van der Waals surface area contributed by atoms with E-state index in [4.69, 9.17) is 0 Å². The van der Waals surface area contributed by atoms with Crippen LogP contribution in [0, 0.1) is 0 Å². The number of amides is 1. The van der Waals surface area contributed by atoms with E-state index in [1.54, 1.807) is 7.05 Å². The third-order valence-electron chi connectivity index (χ3n) is 3.61. The molecule has 0 bridgehead atoms. The average Bonchev–Trinajstić information content (AvgIpc) is 2.48. The van der Waals surface area contributed by atoms with E-state index in [-0.39, 0.29) is 12.5 Å². The quantitative estimate of drug-likeness (QED) is 0.864. The van der Waals surface area contributed by atoms with Crippen LogP contribution in [0.4, 0.5) is 0 Å². The number of piperazine rings is 1. The van der Waals surface area contributed by atoms with E-state index in [1.165, 1.54) is 8.61 Å². The zero-order valence-electron chi connectivity index (χ0n) is 12.3. The van der Waals surface area contributed by atoms with Gasteiger partial charge in [0.2, 0.25) is 5.91 Å². The van der Waals surface area contributed by atoms with Crippen molar-refractivity contribution < 1.29 is 13.2 Å². The molecule has 0 saturated carbocycles. The molecule has 1 unspecified atom stereocenters. The summed E-state index contributed by atoms with van der Waals surface area (Å²) in [5.74, 6) is -0.222. The Balaban J connectivity index is 2.18. The van der Waals surface area contributed by atoms with Gasteiger partial charge in [0.1, 0.15) is 6.04 Å². The first kappa shape index (κ1) is 15.9.